The molecule has 156 valence electrons. The monoisotopic (exact) mass is 416 g/mol. The Hall–Kier alpha value is -2.54. The number of nitrogens with zero attached hydrogens (tertiary/aromatic N) is 2. The van der Waals surface area contributed by atoms with Crippen molar-refractivity contribution >= 4 is 21.6 Å². The summed E-state index contributed by atoms with van der Waals surface area (Å²) in [6.07, 6.45) is 1.89. The third-order valence-corrected chi connectivity index (χ3v) is 6.97. The molecule has 1 fully saturated rings. The minimum Gasteiger partial charge on any atom is -0.494 e. The summed E-state index contributed by atoms with van der Waals surface area (Å²) >= 11 is 0. The molecule has 0 N–H and O–H groups in total. The van der Waals surface area contributed by atoms with E-state index < -0.39 is 10.0 Å². The molecule has 0 spiro atoms. The second kappa shape index (κ2) is 9.31. The van der Waals surface area contributed by atoms with Gasteiger partial charge in [-0.05, 0) is 62.1 Å². The van der Waals surface area contributed by atoms with Crippen LogP contribution < -0.4 is 9.04 Å². The van der Waals surface area contributed by atoms with Crippen LogP contribution in [-0.2, 0) is 14.8 Å². The van der Waals surface area contributed by atoms with Gasteiger partial charge in [-0.25, -0.2) is 8.42 Å². The maximum absolute atomic E-state index is 13.3. The highest BCUT2D eigenvalue weighted by Crippen LogP contribution is 2.26. The fraction of sp³-hybridized carbons (Fsp3) is 0.409. The Balaban J connectivity index is 1.90. The van der Waals surface area contributed by atoms with Crippen molar-refractivity contribution < 1.29 is 17.9 Å². The molecular formula is C22H28N2O4S. The second-order valence-electron chi connectivity index (χ2n) is 7.31. The van der Waals surface area contributed by atoms with E-state index in [0.717, 1.165) is 12.8 Å². The summed E-state index contributed by atoms with van der Waals surface area (Å²) in [5.74, 6) is 1.07. The number of anilines is 1. The van der Waals surface area contributed by atoms with Crippen LogP contribution in [0.1, 0.15) is 26.7 Å². The minimum absolute atomic E-state index is 0.161. The van der Waals surface area contributed by atoms with E-state index in [1.54, 1.807) is 59.5 Å². The van der Waals surface area contributed by atoms with E-state index in [1.165, 1.54) is 4.31 Å². The van der Waals surface area contributed by atoms with Gasteiger partial charge in [0.15, 0.2) is 0 Å². The third kappa shape index (κ3) is 5.09. The third-order valence-electron chi connectivity index (χ3n) is 5.18. The molecular weight excluding hydrogens is 388 g/mol. The quantitative estimate of drug-likeness (QED) is 0.692. The Kier molecular flexibility index (Phi) is 6.79. The molecule has 7 heteroatoms. The Morgan fingerprint density at radius 1 is 1.07 bits per heavy atom. The Morgan fingerprint density at radius 2 is 1.69 bits per heavy atom. The van der Waals surface area contributed by atoms with E-state index in [-0.39, 0.29) is 17.3 Å². The minimum atomic E-state index is -3.88. The Labute approximate surface area is 173 Å². The summed E-state index contributed by atoms with van der Waals surface area (Å²) in [5.41, 5.74) is 0.441. The van der Waals surface area contributed by atoms with Crippen molar-refractivity contribution in [2.45, 2.75) is 31.6 Å². The summed E-state index contributed by atoms with van der Waals surface area (Å²) in [5, 5.41) is 0. The lowest BCUT2D eigenvalue weighted by Crippen LogP contribution is -2.45. The van der Waals surface area contributed by atoms with Gasteiger partial charge in [-0.3, -0.25) is 9.10 Å². The second-order valence-corrected chi connectivity index (χ2v) is 9.18. The summed E-state index contributed by atoms with van der Waals surface area (Å²) in [7, 11) is -3.88. The van der Waals surface area contributed by atoms with Gasteiger partial charge in [-0.15, -0.1) is 0 Å². The van der Waals surface area contributed by atoms with Crippen LogP contribution in [-0.4, -0.2) is 45.5 Å². The normalized spacial score (nSPS) is 15.2. The standard InChI is InChI=1S/C22H28N2O4S/c1-3-28-20-11-9-19(10-12-20)24(29(26,27)21-7-5-4-6-8-21)17-22(25)23-15-13-18(2)14-16-23/h4-12,18H,3,13-17H2,1-2H3. The number of hydrogen-bond acceptors (Lipinski definition) is 4. The van der Waals surface area contributed by atoms with Gasteiger partial charge in [0, 0.05) is 13.1 Å². The number of hydrogen-bond donors (Lipinski definition) is 0. The average Bonchev–Trinajstić information content (AvgIpc) is 2.74. The SMILES string of the molecule is CCOc1ccc(N(CC(=O)N2CCC(C)CC2)S(=O)(=O)c2ccccc2)cc1. The summed E-state index contributed by atoms with van der Waals surface area (Å²) < 4.78 is 33.3. The summed E-state index contributed by atoms with van der Waals surface area (Å²) in [6.45, 7) is 5.70. The molecule has 0 radical (unpaired) electrons. The van der Waals surface area contributed by atoms with E-state index in [1.807, 2.05) is 6.92 Å². The predicted molar refractivity (Wildman–Crippen MR) is 114 cm³/mol. The maximum Gasteiger partial charge on any atom is 0.264 e. The van der Waals surface area contributed by atoms with Gasteiger partial charge in [0.05, 0.1) is 17.2 Å². The smallest absolute Gasteiger partial charge is 0.264 e. The molecule has 0 aromatic heterocycles. The van der Waals surface area contributed by atoms with Crippen LogP contribution in [0.25, 0.3) is 0 Å². The number of likely N-dealkylation sites (tertiary alicyclic amines) is 1. The first kappa shape index (κ1) is 21.2. The number of benzene rings is 2. The summed E-state index contributed by atoms with van der Waals surface area (Å²) in [6, 6.07) is 15.0. The van der Waals surface area contributed by atoms with Gasteiger partial charge in [-0.2, -0.15) is 0 Å². The topological polar surface area (TPSA) is 66.9 Å². The largest absolute Gasteiger partial charge is 0.494 e. The van der Waals surface area contributed by atoms with Crippen molar-refractivity contribution in [1.29, 1.82) is 0 Å². The zero-order valence-electron chi connectivity index (χ0n) is 17.0. The number of piperidine rings is 1. The maximum atomic E-state index is 13.3. The van der Waals surface area contributed by atoms with Crippen LogP contribution in [0.5, 0.6) is 5.75 Å². The fourth-order valence-corrected chi connectivity index (χ4v) is 4.83. The number of ether oxygens (including phenoxy) is 1. The number of carbonyl (C=O) groups is 1. The molecule has 6 nitrogen and oxygen atoms in total. The van der Waals surface area contributed by atoms with Gasteiger partial charge in [-0.1, -0.05) is 25.1 Å². The van der Waals surface area contributed by atoms with Crippen molar-refractivity contribution in [2.75, 3.05) is 30.5 Å². The molecule has 1 amide bonds. The molecule has 29 heavy (non-hydrogen) atoms. The Morgan fingerprint density at radius 3 is 2.28 bits per heavy atom. The molecule has 0 aliphatic carbocycles. The lowest BCUT2D eigenvalue weighted by molar-refractivity contribution is -0.130. The highest BCUT2D eigenvalue weighted by atomic mass is 32.2. The molecule has 2 aromatic carbocycles. The van der Waals surface area contributed by atoms with Gasteiger partial charge in [0.25, 0.3) is 10.0 Å². The first-order valence-corrected chi connectivity index (χ1v) is 11.4. The van der Waals surface area contributed by atoms with Crippen molar-refractivity contribution in [1.82, 2.24) is 4.90 Å². The molecule has 1 aliphatic rings. The van der Waals surface area contributed by atoms with Crippen molar-refractivity contribution in [3.8, 4) is 5.75 Å². The Bertz CT molecular complexity index is 906. The molecule has 1 aliphatic heterocycles. The number of amides is 1. The van der Waals surface area contributed by atoms with Crippen molar-refractivity contribution in [3.63, 3.8) is 0 Å². The van der Waals surface area contributed by atoms with Gasteiger partial charge >= 0.3 is 0 Å². The molecule has 0 saturated carbocycles. The van der Waals surface area contributed by atoms with E-state index in [9.17, 15) is 13.2 Å². The van der Waals surface area contributed by atoms with Crippen molar-refractivity contribution in [3.05, 3.63) is 54.6 Å². The highest BCUT2D eigenvalue weighted by Gasteiger charge is 2.30. The summed E-state index contributed by atoms with van der Waals surface area (Å²) in [4.78, 5) is 14.9. The molecule has 1 saturated heterocycles. The van der Waals surface area contributed by atoms with E-state index in [4.69, 9.17) is 4.74 Å². The number of sulfonamides is 1. The van der Waals surface area contributed by atoms with E-state index in [2.05, 4.69) is 6.92 Å². The highest BCUT2D eigenvalue weighted by molar-refractivity contribution is 7.92. The predicted octanol–water partition coefficient (Wildman–Crippen LogP) is 3.54. The van der Waals surface area contributed by atoms with E-state index in [0.29, 0.717) is 37.1 Å². The average molecular weight is 417 g/mol. The molecule has 2 aromatic rings. The number of rotatable bonds is 7. The number of carbonyl (C=O) groups excluding carboxylic acids is 1. The molecule has 0 atom stereocenters. The van der Waals surface area contributed by atoms with E-state index >= 15 is 0 Å². The van der Waals surface area contributed by atoms with Crippen molar-refractivity contribution in [2.24, 2.45) is 5.92 Å². The van der Waals surface area contributed by atoms with Gasteiger partial charge in [0.2, 0.25) is 5.91 Å². The van der Waals surface area contributed by atoms with Crippen LogP contribution >= 0.6 is 0 Å². The molecule has 0 bridgehead atoms. The zero-order valence-corrected chi connectivity index (χ0v) is 17.8. The van der Waals surface area contributed by atoms with Crippen LogP contribution in [0.2, 0.25) is 0 Å². The zero-order chi connectivity index (χ0) is 20.9. The van der Waals surface area contributed by atoms with Crippen LogP contribution in [0.3, 0.4) is 0 Å². The molecule has 1 heterocycles. The fourth-order valence-electron chi connectivity index (χ4n) is 3.39. The molecule has 0 unspecified atom stereocenters. The lowest BCUT2D eigenvalue weighted by atomic mass is 9.99. The van der Waals surface area contributed by atoms with Crippen LogP contribution in [0, 0.1) is 5.92 Å². The van der Waals surface area contributed by atoms with Crippen LogP contribution in [0.4, 0.5) is 5.69 Å². The van der Waals surface area contributed by atoms with Crippen LogP contribution in [0.15, 0.2) is 59.5 Å². The molecule has 3 rings (SSSR count). The first-order chi connectivity index (χ1) is 13.9. The van der Waals surface area contributed by atoms with Gasteiger partial charge in [0.1, 0.15) is 12.3 Å². The lowest BCUT2D eigenvalue weighted by Gasteiger charge is -2.32. The van der Waals surface area contributed by atoms with Gasteiger partial charge < -0.3 is 9.64 Å². The first-order valence-electron chi connectivity index (χ1n) is 10.00.